The molecular weight excluding hydrogens is 265 g/mol. The lowest BCUT2D eigenvalue weighted by atomic mass is 10.2. The SMILES string of the molecule is OC(CNC1CCCSC1)COc1ccccc1F. The van der Waals surface area contributed by atoms with Crippen molar-refractivity contribution in [2.45, 2.75) is 25.0 Å². The lowest BCUT2D eigenvalue weighted by Gasteiger charge is -2.24. The Morgan fingerprint density at radius 1 is 1.47 bits per heavy atom. The van der Waals surface area contributed by atoms with Crippen molar-refractivity contribution < 1.29 is 14.2 Å². The van der Waals surface area contributed by atoms with Crippen molar-refractivity contribution in [1.29, 1.82) is 0 Å². The van der Waals surface area contributed by atoms with Crippen LogP contribution in [0, 0.1) is 5.82 Å². The van der Waals surface area contributed by atoms with E-state index in [-0.39, 0.29) is 12.4 Å². The second-order valence-electron chi connectivity index (χ2n) is 4.72. The van der Waals surface area contributed by atoms with E-state index in [2.05, 4.69) is 5.32 Å². The molecule has 3 nitrogen and oxygen atoms in total. The van der Waals surface area contributed by atoms with E-state index in [0.29, 0.717) is 12.6 Å². The molecule has 0 saturated carbocycles. The maximum Gasteiger partial charge on any atom is 0.165 e. The third kappa shape index (κ3) is 5.01. The van der Waals surface area contributed by atoms with Crippen LogP contribution in [0.2, 0.25) is 0 Å². The van der Waals surface area contributed by atoms with Gasteiger partial charge >= 0.3 is 0 Å². The molecule has 0 bridgehead atoms. The summed E-state index contributed by atoms with van der Waals surface area (Å²) >= 11 is 1.94. The predicted molar refractivity (Wildman–Crippen MR) is 76.3 cm³/mol. The number of thioether (sulfide) groups is 1. The minimum atomic E-state index is -0.619. The smallest absolute Gasteiger partial charge is 0.165 e. The molecule has 1 saturated heterocycles. The van der Waals surface area contributed by atoms with Gasteiger partial charge in [0.1, 0.15) is 12.7 Å². The number of aliphatic hydroxyl groups is 1. The fraction of sp³-hybridized carbons (Fsp3) is 0.571. The van der Waals surface area contributed by atoms with Crippen molar-refractivity contribution in [3.05, 3.63) is 30.1 Å². The molecule has 2 unspecified atom stereocenters. The Hall–Kier alpha value is -0.780. The maximum atomic E-state index is 13.3. The van der Waals surface area contributed by atoms with Crippen LogP contribution in [0.5, 0.6) is 5.75 Å². The third-order valence-corrected chi connectivity index (χ3v) is 4.29. The summed E-state index contributed by atoms with van der Waals surface area (Å²) in [6, 6.07) is 6.71. The highest BCUT2D eigenvalue weighted by Crippen LogP contribution is 2.17. The van der Waals surface area contributed by atoms with E-state index in [1.807, 2.05) is 11.8 Å². The number of rotatable bonds is 6. The van der Waals surface area contributed by atoms with Gasteiger partial charge in [-0.1, -0.05) is 12.1 Å². The van der Waals surface area contributed by atoms with Crippen LogP contribution in [0.4, 0.5) is 4.39 Å². The van der Waals surface area contributed by atoms with E-state index in [9.17, 15) is 9.50 Å². The molecule has 1 heterocycles. The van der Waals surface area contributed by atoms with Crippen LogP contribution in [0.25, 0.3) is 0 Å². The second-order valence-corrected chi connectivity index (χ2v) is 5.87. The van der Waals surface area contributed by atoms with Crippen LogP contribution in [0.3, 0.4) is 0 Å². The zero-order valence-electron chi connectivity index (χ0n) is 10.8. The second kappa shape index (κ2) is 7.72. The topological polar surface area (TPSA) is 41.5 Å². The zero-order valence-corrected chi connectivity index (χ0v) is 11.7. The maximum absolute atomic E-state index is 13.3. The Labute approximate surface area is 117 Å². The largest absolute Gasteiger partial charge is 0.488 e. The van der Waals surface area contributed by atoms with Gasteiger partial charge in [0.25, 0.3) is 0 Å². The summed E-state index contributed by atoms with van der Waals surface area (Å²) in [5, 5.41) is 13.1. The number of para-hydroxylation sites is 1. The normalized spacial score (nSPS) is 21.1. The molecule has 1 aliphatic rings. The molecule has 0 aliphatic carbocycles. The predicted octanol–water partition coefficient (Wildman–Crippen LogP) is 2.05. The van der Waals surface area contributed by atoms with Crippen LogP contribution >= 0.6 is 11.8 Å². The summed E-state index contributed by atoms with van der Waals surface area (Å²) in [6.07, 6.45) is 1.77. The molecule has 1 fully saturated rings. The molecular formula is C14H20FNO2S. The van der Waals surface area contributed by atoms with Gasteiger partial charge in [0, 0.05) is 18.3 Å². The molecule has 106 valence electrons. The summed E-state index contributed by atoms with van der Waals surface area (Å²) in [6.45, 7) is 0.591. The van der Waals surface area contributed by atoms with Gasteiger partial charge in [-0.25, -0.2) is 4.39 Å². The molecule has 0 radical (unpaired) electrons. The molecule has 2 atom stereocenters. The van der Waals surface area contributed by atoms with Gasteiger partial charge in [0.15, 0.2) is 11.6 Å². The summed E-state index contributed by atoms with van der Waals surface area (Å²) < 4.78 is 18.6. The fourth-order valence-corrected chi connectivity index (χ4v) is 3.12. The number of ether oxygens (including phenoxy) is 1. The molecule has 0 aromatic heterocycles. The minimum Gasteiger partial charge on any atom is -0.488 e. The Bertz CT molecular complexity index is 385. The number of hydrogen-bond acceptors (Lipinski definition) is 4. The average molecular weight is 285 g/mol. The Morgan fingerprint density at radius 2 is 2.32 bits per heavy atom. The first-order valence-electron chi connectivity index (χ1n) is 6.62. The highest BCUT2D eigenvalue weighted by molar-refractivity contribution is 7.99. The van der Waals surface area contributed by atoms with Gasteiger partial charge in [-0.2, -0.15) is 11.8 Å². The first kappa shape index (κ1) is 14.6. The summed E-state index contributed by atoms with van der Waals surface area (Å²) in [5.74, 6) is 2.12. The summed E-state index contributed by atoms with van der Waals surface area (Å²) in [7, 11) is 0. The van der Waals surface area contributed by atoms with Crippen LogP contribution in [0.15, 0.2) is 24.3 Å². The monoisotopic (exact) mass is 285 g/mol. The first-order valence-corrected chi connectivity index (χ1v) is 7.77. The standard InChI is InChI=1S/C14H20FNO2S/c15-13-5-1-2-6-14(13)18-9-12(17)8-16-11-4-3-7-19-10-11/h1-2,5-6,11-12,16-17H,3-4,7-10H2. The number of hydrogen-bond donors (Lipinski definition) is 2. The molecule has 1 aromatic carbocycles. The summed E-state index contributed by atoms with van der Waals surface area (Å²) in [4.78, 5) is 0. The number of halogens is 1. The van der Waals surface area contributed by atoms with E-state index < -0.39 is 11.9 Å². The molecule has 19 heavy (non-hydrogen) atoms. The van der Waals surface area contributed by atoms with E-state index in [1.54, 1.807) is 18.2 Å². The quantitative estimate of drug-likeness (QED) is 0.839. The molecule has 1 aliphatic heterocycles. The van der Waals surface area contributed by atoms with Gasteiger partial charge in [-0.15, -0.1) is 0 Å². The van der Waals surface area contributed by atoms with Gasteiger partial charge < -0.3 is 15.2 Å². The highest BCUT2D eigenvalue weighted by Gasteiger charge is 2.15. The van der Waals surface area contributed by atoms with Crippen molar-refractivity contribution in [2.75, 3.05) is 24.7 Å². The Kier molecular flexibility index (Phi) is 5.94. The first-order chi connectivity index (χ1) is 9.25. The van der Waals surface area contributed by atoms with Crippen molar-refractivity contribution >= 4 is 11.8 Å². The molecule has 0 amide bonds. The Morgan fingerprint density at radius 3 is 3.05 bits per heavy atom. The van der Waals surface area contributed by atoms with E-state index in [0.717, 1.165) is 12.2 Å². The summed E-state index contributed by atoms with van der Waals surface area (Å²) in [5.41, 5.74) is 0. The highest BCUT2D eigenvalue weighted by atomic mass is 32.2. The molecule has 1 aromatic rings. The molecule has 2 N–H and O–H groups in total. The van der Waals surface area contributed by atoms with Crippen LogP contribution in [-0.2, 0) is 0 Å². The van der Waals surface area contributed by atoms with E-state index in [1.165, 1.54) is 18.2 Å². The lowest BCUT2D eigenvalue weighted by Crippen LogP contribution is -2.40. The van der Waals surface area contributed by atoms with Crippen molar-refractivity contribution in [1.82, 2.24) is 5.32 Å². The molecule has 5 heteroatoms. The van der Waals surface area contributed by atoms with E-state index >= 15 is 0 Å². The van der Waals surface area contributed by atoms with Crippen molar-refractivity contribution in [2.24, 2.45) is 0 Å². The van der Waals surface area contributed by atoms with Gasteiger partial charge in [-0.05, 0) is 30.7 Å². The number of benzene rings is 1. The average Bonchev–Trinajstić information content (AvgIpc) is 2.45. The van der Waals surface area contributed by atoms with Gasteiger partial charge in [0.05, 0.1) is 0 Å². The zero-order chi connectivity index (χ0) is 13.5. The minimum absolute atomic E-state index is 0.105. The third-order valence-electron chi connectivity index (χ3n) is 3.07. The van der Waals surface area contributed by atoms with Gasteiger partial charge in [0.2, 0.25) is 0 Å². The van der Waals surface area contributed by atoms with Gasteiger partial charge in [-0.3, -0.25) is 0 Å². The Balaban J connectivity index is 1.66. The lowest BCUT2D eigenvalue weighted by molar-refractivity contribution is 0.102. The van der Waals surface area contributed by atoms with Crippen molar-refractivity contribution in [3.8, 4) is 5.75 Å². The van der Waals surface area contributed by atoms with Crippen LogP contribution in [0.1, 0.15) is 12.8 Å². The molecule has 2 rings (SSSR count). The van der Waals surface area contributed by atoms with Crippen molar-refractivity contribution in [3.63, 3.8) is 0 Å². The van der Waals surface area contributed by atoms with Crippen LogP contribution < -0.4 is 10.1 Å². The molecule has 0 spiro atoms. The fourth-order valence-electron chi connectivity index (χ4n) is 2.01. The number of nitrogens with one attached hydrogen (secondary N) is 1. The number of aliphatic hydroxyl groups excluding tert-OH is 1. The van der Waals surface area contributed by atoms with Crippen LogP contribution in [-0.4, -0.2) is 41.9 Å². The van der Waals surface area contributed by atoms with E-state index in [4.69, 9.17) is 4.74 Å².